The van der Waals surface area contributed by atoms with Crippen molar-refractivity contribution in [3.05, 3.63) is 35.2 Å². The van der Waals surface area contributed by atoms with E-state index < -0.39 is 0 Å². The summed E-state index contributed by atoms with van der Waals surface area (Å²) in [5, 5.41) is 9.75. The van der Waals surface area contributed by atoms with Crippen molar-refractivity contribution in [3.8, 4) is 17.0 Å². The van der Waals surface area contributed by atoms with E-state index in [2.05, 4.69) is 9.97 Å². The topological polar surface area (TPSA) is 48.9 Å². The first-order valence-electron chi connectivity index (χ1n) is 4.17. The smallest absolute Gasteiger partial charge is 0.134 e. The van der Waals surface area contributed by atoms with Crippen LogP contribution in [0.25, 0.3) is 11.3 Å². The van der Waals surface area contributed by atoms with Crippen LogP contribution in [0.2, 0.25) is 5.02 Å². The van der Waals surface area contributed by atoms with Crippen LogP contribution in [-0.2, 0) is 0 Å². The Hall–Kier alpha value is -1.48. The van der Waals surface area contributed by atoms with E-state index >= 15 is 0 Å². The third-order valence-corrected chi connectivity index (χ3v) is 2.28. The number of hydrogen-bond acceptors (Lipinski definition) is 2. The highest BCUT2D eigenvalue weighted by atomic mass is 35.5. The third kappa shape index (κ3) is 1.59. The maximum absolute atomic E-state index is 9.40. The summed E-state index contributed by atoms with van der Waals surface area (Å²) in [6.45, 7) is 1.87. The fourth-order valence-corrected chi connectivity index (χ4v) is 1.37. The Morgan fingerprint density at radius 3 is 2.79 bits per heavy atom. The molecule has 1 aromatic carbocycles. The van der Waals surface area contributed by atoms with Crippen LogP contribution >= 0.6 is 11.6 Å². The summed E-state index contributed by atoms with van der Waals surface area (Å²) in [5.74, 6) is 0.922. The molecule has 2 aromatic rings. The van der Waals surface area contributed by atoms with E-state index in [1.165, 1.54) is 0 Å². The van der Waals surface area contributed by atoms with Crippen molar-refractivity contribution < 1.29 is 5.11 Å². The molecule has 0 amide bonds. The molecule has 0 saturated heterocycles. The van der Waals surface area contributed by atoms with Gasteiger partial charge in [-0.25, -0.2) is 4.98 Å². The molecule has 0 aliphatic carbocycles. The van der Waals surface area contributed by atoms with E-state index in [4.69, 9.17) is 11.6 Å². The van der Waals surface area contributed by atoms with Crippen molar-refractivity contribution in [1.82, 2.24) is 9.97 Å². The molecule has 0 aliphatic heterocycles. The van der Waals surface area contributed by atoms with Crippen molar-refractivity contribution in [2.45, 2.75) is 6.92 Å². The van der Waals surface area contributed by atoms with Crippen LogP contribution in [0.15, 0.2) is 24.4 Å². The van der Waals surface area contributed by atoms with E-state index in [0.29, 0.717) is 5.02 Å². The summed E-state index contributed by atoms with van der Waals surface area (Å²) in [6.07, 6.45) is 1.72. The van der Waals surface area contributed by atoms with Gasteiger partial charge in [-0.15, -0.1) is 0 Å². The van der Waals surface area contributed by atoms with Gasteiger partial charge in [-0.3, -0.25) is 0 Å². The third-order valence-electron chi connectivity index (χ3n) is 1.96. The molecule has 72 valence electrons. The van der Waals surface area contributed by atoms with Crippen molar-refractivity contribution in [3.63, 3.8) is 0 Å². The molecule has 0 bridgehead atoms. The lowest BCUT2D eigenvalue weighted by Crippen LogP contribution is -1.78. The highest BCUT2D eigenvalue weighted by molar-refractivity contribution is 6.32. The quantitative estimate of drug-likeness (QED) is 0.757. The molecule has 2 N–H and O–H groups in total. The maximum Gasteiger partial charge on any atom is 0.134 e. The molecule has 2 rings (SSSR count). The van der Waals surface area contributed by atoms with Crippen LogP contribution < -0.4 is 0 Å². The molecule has 0 spiro atoms. The summed E-state index contributed by atoms with van der Waals surface area (Å²) in [4.78, 5) is 7.15. The molecular weight excluding hydrogens is 200 g/mol. The minimum Gasteiger partial charge on any atom is -0.506 e. The molecule has 14 heavy (non-hydrogen) atoms. The van der Waals surface area contributed by atoms with Crippen LogP contribution in [-0.4, -0.2) is 15.1 Å². The number of aromatic hydroxyl groups is 1. The van der Waals surface area contributed by atoms with Crippen molar-refractivity contribution in [2.24, 2.45) is 0 Å². The number of nitrogens with zero attached hydrogens (tertiary/aromatic N) is 1. The van der Waals surface area contributed by atoms with Gasteiger partial charge >= 0.3 is 0 Å². The minimum atomic E-state index is 0.0800. The number of H-pyrrole nitrogens is 1. The Kier molecular flexibility index (Phi) is 2.17. The van der Waals surface area contributed by atoms with E-state index in [-0.39, 0.29) is 5.75 Å². The predicted octanol–water partition coefficient (Wildman–Crippen LogP) is 2.74. The molecule has 0 fully saturated rings. The Morgan fingerprint density at radius 2 is 2.21 bits per heavy atom. The van der Waals surface area contributed by atoms with Gasteiger partial charge < -0.3 is 10.1 Å². The molecule has 1 heterocycles. The first-order chi connectivity index (χ1) is 6.66. The van der Waals surface area contributed by atoms with Gasteiger partial charge in [0.25, 0.3) is 0 Å². The number of benzene rings is 1. The van der Waals surface area contributed by atoms with E-state index in [0.717, 1.165) is 17.1 Å². The molecule has 0 radical (unpaired) electrons. The minimum absolute atomic E-state index is 0.0800. The van der Waals surface area contributed by atoms with Gasteiger partial charge in [0.1, 0.15) is 11.6 Å². The largest absolute Gasteiger partial charge is 0.506 e. The second-order valence-corrected chi connectivity index (χ2v) is 3.46. The summed E-state index contributed by atoms with van der Waals surface area (Å²) < 4.78 is 0. The van der Waals surface area contributed by atoms with E-state index in [1.54, 1.807) is 18.3 Å². The molecule has 3 nitrogen and oxygen atoms in total. The normalized spacial score (nSPS) is 10.4. The number of halogens is 1. The van der Waals surface area contributed by atoms with Crippen LogP contribution in [0.5, 0.6) is 5.75 Å². The first-order valence-corrected chi connectivity index (χ1v) is 4.55. The number of rotatable bonds is 1. The molecule has 0 atom stereocenters. The van der Waals surface area contributed by atoms with Gasteiger partial charge in [0.2, 0.25) is 0 Å². The first kappa shape index (κ1) is 9.09. The Morgan fingerprint density at radius 1 is 1.43 bits per heavy atom. The lowest BCUT2D eigenvalue weighted by molar-refractivity contribution is 0.476. The molecule has 4 heteroatoms. The fraction of sp³-hybridized carbons (Fsp3) is 0.100. The van der Waals surface area contributed by atoms with Crippen molar-refractivity contribution in [1.29, 1.82) is 0 Å². The number of aromatic nitrogens is 2. The Balaban J connectivity index is 2.47. The van der Waals surface area contributed by atoms with Gasteiger partial charge in [0.05, 0.1) is 16.9 Å². The lowest BCUT2D eigenvalue weighted by atomic mass is 10.1. The van der Waals surface area contributed by atoms with Gasteiger partial charge in [0, 0.05) is 5.56 Å². The number of nitrogens with one attached hydrogen (secondary N) is 1. The van der Waals surface area contributed by atoms with Crippen LogP contribution in [0, 0.1) is 6.92 Å². The zero-order valence-corrected chi connectivity index (χ0v) is 8.34. The van der Waals surface area contributed by atoms with Crippen molar-refractivity contribution in [2.75, 3.05) is 0 Å². The number of phenolic OH excluding ortho intramolecular Hbond substituents is 1. The Bertz CT molecular complexity index is 465. The van der Waals surface area contributed by atoms with Crippen molar-refractivity contribution >= 4 is 11.6 Å². The number of phenols is 1. The van der Waals surface area contributed by atoms with Gasteiger partial charge in [-0.05, 0) is 19.1 Å². The summed E-state index contributed by atoms with van der Waals surface area (Å²) in [5.41, 5.74) is 1.74. The standard InChI is InChI=1S/C10H9ClN2O/c1-6-12-5-9(13-6)7-2-3-8(11)10(14)4-7/h2-5,14H,1H3,(H,12,13). The summed E-state index contributed by atoms with van der Waals surface area (Å²) >= 11 is 5.70. The number of imidazole rings is 1. The highest BCUT2D eigenvalue weighted by Crippen LogP contribution is 2.28. The fourth-order valence-electron chi connectivity index (χ4n) is 1.25. The molecule has 0 aliphatic rings. The monoisotopic (exact) mass is 208 g/mol. The molecule has 1 aromatic heterocycles. The SMILES string of the molecule is Cc1ncc(-c2ccc(Cl)c(O)c2)[nH]1. The van der Waals surface area contributed by atoms with Crippen LogP contribution in [0.3, 0.4) is 0 Å². The average molecular weight is 209 g/mol. The summed E-state index contributed by atoms with van der Waals surface area (Å²) in [6, 6.07) is 5.09. The Labute approximate surface area is 86.4 Å². The second-order valence-electron chi connectivity index (χ2n) is 3.05. The number of hydrogen-bond donors (Lipinski definition) is 2. The van der Waals surface area contributed by atoms with E-state index in [9.17, 15) is 5.11 Å². The zero-order valence-electron chi connectivity index (χ0n) is 7.58. The average Bonchev–Trinajstić information content (AvgIpc) is 2.57. The highest BCUT2D eigenvalue weighted by Gasteiger charge is 2.03. The zero-order chi connectivity index (χ0) is 10.1. The molecule has 0 saturated carbocycles. The van der Waals surface area contributed by atoms with Gasteiger partial charge in [-0.2, -0.15) is 0 Å². The summed E-state index contributed by atoms with van der Waals surface area (Å²) in [7, 11) is 0. The lowest BCUT2D eigenvalue weighted by Gasteiger charge is -2.00. The van der Waals surface area contributed by atoms with E-state index in [1.807, 2.05) is 13.0 Å². The van der Waals surface area contributed by atoms with Gasteiger partial charge in [0.15, 0.2) is 0 Å². The number of aromatic amines is 1. The van der Waals surface area contributed by atoms with Crippen LogP contribution in [0.4, 0.5) is 0 Å². The number of aryl methyl sites for hydroxylation is 1. The van der Waals surface area contributed by atoms with Crippen LogP contribution in [0.1, 0.15) is 5.82 Å². The second kappa shape index (κ2) is 3.35. The van der Waals surface area contributed by atoms with Gasteiger partial charge in [-0.1, -0.05) is 17.7 Å². The molecule has 0 unspecified atom stereocenters. The molecular formula is C10H9ClN2O. The maximum atomic E-state index is 9.40. The predicted molar refractivity (Wildman–Crippen MR) is 55.4 cm³/mol.